The molecule has 7 heteroatoms. The van der Waals surface area contributed by atoms with E-state index >= 15 is 0 Å². The number of rotatable bonds is 3. The molecule has 0 radical (unpaired) electrons. The van der Waals surface area contributed by atoms with E-state index in [4.69, 9.17) is 4.52 Å². The minimum absolute atomic E-state index is 0.186. The molecule has 7 nitrogen and oxygen atoms in total. The van der Waals surface area contributed by atoms with E-state index < -0.39 is 0 Å². The van der Waals surface area contributed by atoms with Gasteiger partial charge in [0.2, 0.25) is 5.76 Å². The number of aryl methyl sites for hydroxylation is 1. The first-order valence-corrected chi connectivity index (χ1v) is 7.50. The molecule has 2 aromatic rings. The van der Waals surface area contributed by atoms with Gasteiger partial charge in [0.05, 0.1) is 6.20 Å². The molecule has 1 N–H and O–H groups in total. The summed E-state index contributed by atoms with van der Waals surface area (Å²) in [7, 11) is 3.94. The van der Waals surface area contributed by atoms with Crippen LogP contribution in [0, 0.1) is 0 Å². The summed E-state index contributed by atoms with van der Waals surface area (Å²) in [5, 5.41) is 11.1. The van der Waals surface area contributed by atoms with E-state index in [1.165, 1.54) is 0 Å². The number of amides is 1. The third-order valence-electron chi connectivity index (χ3n) is 4.28. The molecule has 2 aromatic heterocycles. The number of nitrogens with zero attached hydrogens (tertiary/aromatic N) is 4. The first-order chi connectivity index (χ1) is 10.5. The second-order valence-electron chi connectivity index (χ2n) is 6.00. The third kappa shape index (κ3) is 3.04. The second-order valence-corrected chi connectivity index (χ2v) is 6.00. The van der Waals surface area contributed by atoms with Crippen LogP contribution in [0.3, 0.4) is 0 Å². The van der Waals surface area contributed by atoms with Crippen molar-refractivity contribution in [1.29, 1.82) is 0 Å². The predicted molar refractivity (Wildman–Crippen MR) is 81.3 cm³/mol. The van der Waals surface area contributed by atoms with E-state index in [1.54, 1.807) is 16.9 Å². The molecule has 0 aliphatic carbocycles. The molecule has 3 heterocycles. The van der Waals surface area contributed by atoms with Crippen LogP contribution in [0.1, 0.15) is 30.3 Å². The van der Waals surface area contributed by atoms with Gasteiger partial charge in [0.15, 0.2) is 0 Å². The van der Waals surface area contributed by atoms with Crippen LogP contribution in [0.25, 0.3) is 11.3 Å². The van der Waals surface area contributed by atoms with Gasteiger partial charge in [0.1, 0.15) is 5.69 Å². The Balaban J connectivity index is 1.65. The van der Waals surface area contributed by atoms with E-state index in [-0.39, 0.29) is 17.7 Å². The van der Waals surface area contributed by atoms with Gasteiger partial charge in [-0.2, -0.15) is 5.10 Å². The van der Waals surface area contributed by atoms with Gasteiger partial charge in [-0.15, -0.1) is 0 Å². The Morgan fingerprint density at radius 2 is 2.27 bits per heavy atom. The minimum Gasteiger partial charge on any atom is -0.350 e. The lowest BCUT2D eigenvalue weighted by molar-refractivity contribution is 0.0860. The Bertz CT molecular complexity index is 662. The standard InChI is InChI=1S/C15H21N5O2/c1-10-6-12(4-5-19(10)2)17-15(21)14-7-13(18-22-14)11-8-16-20(3)9-11/h7-10,12H,4-6H2,1-3H3,(H,17,21). The molecule has 2 unspecified atom stereocenters. The summed E-state index contributed by atoms with van der Waals surface area (Å²) < 4.78 is 6.85. The smallest absolute Gasteiger partial charge is 0.290 e. The number of nitrogens with one attached hydrogen (secondary N) is 1. The fourth-order valence-corrected chi connectivity index (χ4v) is 2.75. The molecule has 0 saturated carbocycles. The molecule has 1 aliphatic heterocycles. The zero-order valence-corrected chi connectivity index (χ0v) is 13.1. The molecule has 0 bridgehead atoms. The van der Waals surface area contributed by atoms with E-state index in [9.17, 15) is 4.79 Å². The van der Waals surface area contributed by atoms with Gasteiger partial charge in [-0.3, -0.25) is 9.48 Å². The number of carbonyl (C=O) groups excluding carboxylic acids is 1. The summed E-state index contributed by atoms with van der Waals surface area (Å²) in [6.07, 6.45) is 5.43. The Hall–Kier alpha value is -2.15. The topological polar surface area (TPSA) is 76.2 Å². The van der Waals surface area contributed by atoms with Crippen molar-refractivity contribution < 1.29 is 9.32 Å². The normalized spacial score (nSPS) is 22.7. The van der Waals surface area contributed by atoms with Crippen LogP contribution in [0.15, 0.2) is 23.0 Å². The van der Waals surface area contributed by atoms with Crippen LogP contribution in [0.5, 0.6) is 0 Å². The molecule has 0 aromatic carbocycles. The Kier molecular flexibility index (Phi) is 3.98. The van der Waals surface area contributed by atoms with Crippen molar-refractivity contribution in [2.45, 2.75) is 31.8 Å². The maximum Gasteiger partial charge on any atom is 0.290 e. The average Bonchev–Trinajstić information content (AvgIpc) is 3.11. The SMILES string of the molecule is CC1CC(NC(=O)c2cc(-c3cnn(C)c3)no2)CCN1C. The van der Waals surface area contributed by atoms with Gasteiger partial charge in [-0.25, -0.2) is 0 Å². The lowest BCUT2D eigenvalue weighted by Gasteiger charge is -2.35. The highest BCUT2D eigenvalue weighted by Crippen LogP contribution is 2.19. The summed E-state index contributed by atoms with van der Waals surface area (Å²) in [6.45, 7) is 3.16. The fourth-order valence-electron chi connectivity index (χ4n) is 2.75. The summed E-state index contributed by atoms with van der Waals surface area (Å²) in [5.74, 6) is 0.0369. The highest BCUT2D eigenvalue weighted by atomic mass is 16.5. The highest BCUT2D eigenvalue weighted by molar-refractivity contribution is 5.92. The fraction of sp³-hybridized carbons (Fsp3) is 0.533. The zero-order chi connectivity index (χ0) is 15.7. The summed E-state index contributed by atoms with van der Waals surface area (Å²) in [6, 6.07) is 2.32. The number of aromatic nitrogens is 3. The van der Waals surface area contributed by atoms with Crippen LogP contribution in [0.2, 0.25) is 0 Å². The van der Waals surface area contributed by atoms with Crippen LogP contribution < -0.4 is 5.32 Å². The monoisotopic (exact) mass is 303 g/mol. The Morgan fingerprint density at radius 1 is 1.45 bits per heavy atom. The van der Waals surface area contributed by atoms with Crippen LogP contribution in [0.4, 0.5) is 0 Å². The molecule has 0 spiro atoms. The van der Waals surface area contributed by atoms with E-state index in [1.807, 2.05) is 13.2 Å². The molecule has 3 rings (SSSR count). The molecule has 22 heavy (non-hydrogen) atoms. The summed E-state index contributed by atoms with van der Waals surface area (Å²) in [4.78, 5) is 14.6. The predicted octanol–water partition coefficient (Wildman–Crippen LogP) is 1.29. The second kappa shape index (κ2) is 5.92. The van der Waals surface area contributed by atoms with Crippen molar-refractivity contribution in [1.82, 2.24) is 25.2 Å². The average molecular weight is 303 g/mol. The lowest BCUT2D eigenvalue weighted by Crippen LogP contribution is -2.47. The maximum atomic E-state index is 12.3. The van der Waals surface area contributed by atoms with Crippen molar-refractivity contribution in [3.8, 4) is 11.3 Å². The first-order valence-electron chi connectivity index (χ1n) is 7.50. The van der Waals surface area contributed by atoms with Crippen LogP contribution in [-0.4, -0.2) is 51.4 Å². The number of likely N-dealkylation sites (tertiary alicyclic amines) is 1. The van der Waals surface area contributed by atoms with Gasteiger partial charge < -0.3 is 14.7 Å². The minimum atomic E-state index is -0.204. The van der Waals surface area contributed by atoms with Crippen molar-refractivity contribution in [3.63, 3.8) is 0 Å². The molecular weight excluding hydrogens is 282 g/mol. The summed E-state index contributed by atoms with van der Waals surface area (Å²) >= 11 is 0. The van der Waals surface area contributed by atoms with Crippen molar-refractivity contribution >= 4 is 5.91 Å². The van der Waals surface area contributed by atoms with Crippen molar-refractivity contribution in [2.24, 2.45) is 7.05 Å². The van der Waals surface area contributed by atoms with E-state index in [2.05, 4.69) is 34.4 Å². The Morgan fingerprint density at radius 3 is 2.95 bits per heavy atom. The number of piperidine rings is 1. The molecule has 1 saturated heterocycles. The van der Waals surface area contributed by atoms with Crippen molar-refractivity contribution in [3.05, 3.63) is 24.2 Å². The van der Waals surface area contributed by atoms with Crippen LogP contribution in [-0.2, 0) is 7.05 Å². The Labute approximate surface area is 129 Å². The van der Waals surface area contributed by atoms with Gasteiger partial charge in [-0.05, 0) is 26.8 Å². The van der Waals surface area contributed by atoms with Gasteiger partial charge >= 0.3 is 0 Å². The molecular formula is C15H21N5O2. The number of hydrogen-bond donors (Lipinski definition) is 1. The zero-order valence-electron chi connectivity index (χ0n) is 13.1. The molecule has 1 amide bonds. The van der Waals surface area contributed by atoms with Crippen LogP contribution >= 0.6 is 0 Å². The first kappa shape index (κ1) is 14.8. The van der Waals surface area contributed by atoms with Gasteiger partial charge in [-0.1, -0.05) is 5.16 Å². The maximum absolute atomic E-state index is 12.3. The number of carbonyl (C=O) groups is 1. The number of hydrogen-bond acceptors (Lipinski definition) is 5. The third-order valence-corrected chi connectivity index (χ3v) is 4.28. The molecule has 2 atom stereocenters. The quantitative estimate of drug-likeness (QED) is 0.924. The van der Waals surface area contributed by atoms with E-state index in [0.717, 1.165) is 24.9 Å². The summed E-state index contributed by atoms with van der Waals surface area (Å²) in [5.41, 5.74) is 1.45. The molecule has 1 fully saturated rings. The molecule has 118 valence electrons. The molecule has 1 aliphatic rings. The lowest BCUT2D eigenvalue weighted by atomic mass is 9.99. The van der Waals surface area contributed by atoms with Gasteiger partial charge in [0.25, 0.3) is 5.91 Å². The van der Waals surface area contributed by atoms with Gasteiger partial charge in [0, 0.05) is 43.5 Å². The van der Waals surface area contributed by atoms with E-state index in [0.29, 0.717) is 11.7 Å². The van der Waals surface area contributed by atoms with Crippen molar-refractivity contribution in [2.75, 3.05) is 13.6 Å². The largest absolute Gasteiger partial charge is 0.350 e. The highest BCUT2D eigenvalue weighted by Gasteiger charge is 2.25.